The van der Waals surface area contributed by atoms with Crippen LogP contribution in [0.4, 0.5) is 5.82 Å². The molecule has 4 aromatic rings. The molecular formula is C25H26ClN5O2. The number of aryl methyl sites for hydroxylation is 2. The van der Waals surface area contributed by atoms with Gasteiger partial charge >= 0.3 is 0 Å². The van der Waals surface area contributed by atoms with Crippen molar-refractivity contribution in [1.29, 1.82) is 0 Å². The van der Waals surface area contributed by atoms with Crippen LogP contribution in [0.15, 0.2) is 53.1 Å². The van der Waals surface area contributed by atoms with Gasteiger partial charge in [-0.25, -0.2) is 4.98 Å². The average Bonchev–Trinajstić information content (AvgIpc) is 3.55. The number of fused-ring (bicyclic) bond motifs is 1. The fraction of sp³-hybridized carbons (Fsp3) is 0.320. The first-order valence-electron chi connectivity index (χ1n) is 11.1. The molecule has 1 saturated heterocycles. The van der Waals surface area contributed by atoms with E-state index in [0.717, 1.165) is 59.7 Å². The summed E-state index contributed by atoms with van der Waals surface area (Å²) >= 11 is 6.24. The van der Waals surface area contributed by atoms with E-state index in [1.165, 1.54) is 0 Å². The number of benzene rings is 1. The lowest BCUT2D eigenvalue weighted by molar-refractivity contribution is 0.0706. The second-order valence-corrected chi connectivity index (χ2v) is 8.97. The van der Waals surface area contributed by atoms with Gasteiger partial charge in [0.2, 0.25) is 0 Å². The van der Waals surface area contributed by atoms with Crippen molar-refractivity contribution in [2.24, 2.45) is 7.05 Å². The summed E-state index contributed by atoms with van der Waals surface area (Å²) in [4.78, 5) is 22.7. The van der Waals surface area contributed by atoms with Gasteiger partial charge in [-0.15, -0.1) is 0 Å². The highest BCUT2D eigenvalue weighted by Crippen LogP contribution is 2.30. The molecule has 7 nitrogen and oxygen atoms in total. The minimum Gasteiger partial charge on any atom is -0.467 e. The standard InChI is InChI=1S/C25H26ClN5O2/c1-17-12-23(29(2)28-17)25(32)31(16-21-6-5-11-33-21)15-19-13-18-7-8-20(26)14-22(18)27-24(19)30-9-3-4-10-30/h5-8,11-14H,3-4,9-10,15-16H2,1-2H3. The maximum Gasteiger partial charge on any atom is 0.272 e. The van der Waals surface area contributed by atoms with Crippen molar-refractivity contribution in [3.05, 3.63) is 76.5 Å². The van der Waals surface area contributed by atoms with Gasteiger partial charge in [0.1, 0.15) is 17.3 Å². The normalized spacial score (nSPS) is 13.7. The summed E-state index contributed by atoms with van der Waals surface area (Å²) in [5.41, 5.74) is 3.22. The molecule has 0 atom stereocenters. The van der Waals surface area contributed by atoms with Crippen LogP contribution in [0.3, 0.4) is 0 Å². The van der Waals surface area contributed by atoms with Gasteiger partial charge in [-0.3, -0.25) is 9.48 Å². The van der Waals surface area contributed by atoms with Crippen LogP contribution in [0.5, 0.6) is 0 Å². The molecule has 170 valence electrons. The third-order valence-electron chi connectivity index (χ3n) is 6.04. The molecule has 0 aliphatic carbocycles. The van der Waals surface area contributed by atoms with Crippen LogP contribution in [-0.2, 0) is 20.1 Å². The smallest absolute Gasteiger partial charge is 0.272 e. The number of anilines is 1. The first kappa shape index (κ1) is 21.5. The average molecular weight is 464 g/mol. The van der Waals surface area contributed by atoms with E-state index < -0.39 is 0 Å². The number of carbonyl (C=O) groups is 1. The first-order chi connectivity index (χ1) is 16.0. The van der Waals surface area contributed by atoms with E-state index in [4.69, 9.17) is 21.0 Å². The van der Waals surface area contributed by atoms with Crippen molar-refractivity contribution in [3.63, 3.8) is 0 Å². The predicted octanol–water partition coefficient (Wildman–Crippen LogP) is 4.97. The largest absolute Gasteiger partial charge is 0.467 e. The van der Waals surface area contributed by atoms with Gasteiger partial charge in [0.05, 0.1) is 30.6 Å². The minimum absolute atomic E-state index is 0.0990. The van der Waals surface area contributed by atoms with Crippen molar-refractivity contribution in [1.82, 2.24) is 19.7 Å². The Morgan fingerprint density at radius 1 is 1.15 bits per heavy atom. The lowest BCUT2D eigenvalue weighted by Gasteiger charge is -2.26. The zero-order valence-corrected chi connectivity index (χ0v) is 19.5. The van der Waals surface area contributed by atoms with Crippen molar-refractivity contribution in [3.8, 4) is 0 Å². The molecule has 0 radical (unpaired) electrons. The minimum atomic E-state index is -0.0990. The van der Waals surface area contributed by atoms with Crippen LogP contribution in [-0.4, -0.2) is 38.7 Å². The van der Waals surface area contributed by atoms with Crippen molar-refractivity contribution >= 4 is 34.2 Å². The van der Waals surface area contributed by atoms with Gasteiger partial charge in [0, 0.05) is 36.1 Å². The molecule has 0 unspecified atom stereocenters. The van der Waals surface area contributed by atoms with E-state index in [1.807, 2.05) is 43.3 Å². The second kappa shape index (κ2) is 8.90. The SMILES string of the molecule is Cc1cc(C(=O)N(Cc2ccco2)Cc2cc3ccc(Cl)cc3nc2N2CCCC2)n(C)n1. The molecule has 1 aliphatic heterocycles. The Hall–Kier alpha value is -3.32. The van der Waals surface area contributed by atoms with Gasteiger partial charge < -0.3 is 14.2 Å². The predicted molar refractivity (Wildman–Crippen MR) is 128 cm³/mol. The highest BCUT2D eigenvalue weighted by Gasteiger charge is 2.25. The number of hydrogen-bond donors (Lipinski definition) is 0. The lowest BCUT2D eigenvalue weighted by atomic mass is 10.1. The van der Waals surface area contributed by atoms with Gasteiger partial charge in [-0.2, -0.15) is 5.10 Å². The number of amides is 1. The number of aromatic nitrogens is 3. The van der Waals surface area contributed by atoms with Crippen LogP contribution < -0.4 is 4.90 Å². The topological polar surface area (TPSA) is 67.4 Å². The van der Waals surface area contributed by atoms with E-state index in [2.05, 4.69) is 16.1 Å². The van der Waals surface area contributed by atoms with Gasteiger partial charge in [0.15, 0.2) is 0 Å². The summed E-state index contributed by atoms with van der Waals surface area (Å²) in [6.07, 6.45) is 3.90. The summed E-state index contributed by atoms with van der Waals surface area (Å²) in [5, 5.41) is 6.02. The first-order valence-corrected chi connectivity index (χ1v) is 11.5. The number of halogens is 1. The molecule has 5 rings (SSSR count). The fourth-order valence-electron chi connectivity index (χ4n) is 4.46. The Bertz CT molecular complexity index is 1290. The lowest BCUT2D eigenvalue weighted by Crippen LogP contribution is -2.32. The second-order valence-electron chi connectivity index (χ2n) is 8.54. The fourth-order valence-corrected chi connectivity index (χ4v) is 4.63. The molecule has 0 N–H and O–H groups in total. The maximum atomic E-state index is 13.6. The number of carbonyl (C=O) groups excluding carboxylic acids is 1. The highest BCUT2D eigenvalue weighted by atomic mass is 35.5. The highest BCUT2D eigenvalue weighted by molar-refractivity contribution is 6.31. The molecule has 0 bridgehead atoms. The number of rotatable bonds is 6. The number of hydrogen-bond acceptors (Lipinski definition) is 5. The van der Waals surface area contributed by atoms with Crippen LogP contribution in [0, 0.1) is 6.92 Å². The van der Waals surface area contributed by atoms with Gasteiger partial charge in [0.25, 0.3) is 5.91 Å². The molecular weight excluding hydrogens is 438 g/mol. The van der Waals surface area contributed by atoms with E-state index in [9.17, 15) is 4.79 Å². The Balaban J connectivity index is 1.56. The van der Waals surface area contributed by atoms with E-state index in [0.29, 0.717) is 23.8 Å². The van der Waals surface area contributed by atoms with Crippen LogP contribution in [0.25, 0.3) is 10.9 Å². The van der Waals surface area contributed by atoms with Crippen LogP contribution >= 0.6 is 11.6 Å². The Morgan fingerprint density at radius 2 is 1.97 bits per heavy atom. The number of nitrogens with zero attached hydrogens (tertiary/aromatic N) is 5. The van der Waals surface area contributed by atoms with Crippen LogP contribution in [0.2, 0.25) is 5.02 Å². The van der Waals surface area contributed by atoms with Crippen LogP contribution in [0.1, 0.15) is 40.3 Å². The zero-order chi connectivity index (χ0) is 22.9. The number of pyridine rings is 1. The van der Waals surface area contributed by atoms with E-state index >= 15 is 0 Å². The molecule has 8 heteroatoms. The van der Waals surface area contributed by atoms with Crippen molar-refractivity contribution in [2.75, 3.05) is 18.0 Å². The quantitative estimate of drug-likeness (QED) is 0.404. The summed E-state index contributed by atoms with van der Waals surface area (Å²) in [7, 11) is 1.79. The summed E-state index contributed by atoms with van der Waals surface area (Å²) < 4.78 is 7.21. The van der Waals surface area contributed by atoms with E-state index in [1.54, 1.807) is 22.9 Å². The third kappa shape index (κ3) is 4.46. The zero-order valence-electron chi connectivity index (χ0n) is 18.8. The molecule has 0 spiro atoms. The van der Waals surface area contributed by atoms with Crippen molar-refractivity contribution < 1.29 is 9.21 Å². The summed E-state index contributed by atoms with van der Waals surface area (Å²) in [6, 6.07) is 13.4. The van der Waals surface area contributed by atoms with Gasteiger partial charge in [-0.1, -0.05) is 17.7 Å². The molecule has 1 aliphatic rings. The molecule has 1 fully saturated rings. The Labute approximate surface area is 197 Å². The van der Waals surface area contributed by atoms with Gasteiger partial charge in [-0.05, 0) is 56.2 Å². The monoisotopic (exact) mass is 463 g/mol. The third-order valence-corrected chi connectivity index (χ3v) is 6.27. The van der Waals surface area contributed by atoms with E-state index in [-0.39, 0.29) is 5.91 Å². The molecule has 4 heterocycles. The van der Waals surface area contributed by atoms with Crippen molar-refractivity contribution in [2.45, 2.75) is 32.9 Å². The Morgan fingerprint density at radius 3 is 2.67 bits per heavy atom. The maximum absolute atomic E-state index is 13.6. The molecule has 0 saturated carbocycles. The molecule has 1 amide bonds. The molecule has 33 heavy (non-hydrogen) atoms. The number of furan rings is 1. The summed E-state index contributed by atoms with van der Waals surface area (Å²) in [6.45, 7) is 4.56. The molecule has 1 aromatic carbocycles. The molecule has 3 aromatic heterocycles. The summed E-state index contributed by atoms with van der Waals surface area (Å²) in [5.74, 6) is 1.55. The Kier molecular flexibility index (Phi) is 5.81.